The second kappa shape index (κ2) is 6.93. The Balaban J connectivity index is 2.98. The summed E-state index contributed by atoms with van der Waals surface area (Å²) < 4.78 is 10.7. The molecule has 0 saturated heterocycles. The highest BCUT2D eigenvalue weighted by atomic mass is 16.6. The molecule has 0 heterocycles. The first-order chi connectivity index (χ1) is 9.39. The average molecular weight is 279 g/mol. The Morgan fingerprint density at radius 1 is 1.35 bits per heavy atom. The molecule has 0 aromatic heterocycles. The molecule has 0 spiro atoms. The molecule has 1 rings (SSSR count). The summed E-state index contributed by atoms with van der Waals surface area (Å²) in [6.07, 6.45) is 1.22. The maximum Gasteiger partial charge on any atom is 0.342 e. The lowest BCUT2D eigenvalue weighted by Crippen LogP contribution is -2.24. The summed E-state index contributed by atoms with van der Waals surface area (Å²) in [5.41, 5.74) is 0.688. The van der Waals surface area contributed by atoms with E-state index in [-0.39, 0.29) is 0 Å². The van der Waals surface area contributed by atoms with Gasteiger partial charge in [0.2, 0.25) is 6.41 Å². The van der Waals surface area contributed by atoms with Crippen LogP contribution in [0.3, 0.4) is 0 Å². The van der Waals surface area contributed by atoms with Crippen molar-refractivity contribution in [3.05, 3.63) is 29.3 Å². The first-order valence-corrected chi connectivity index (χ1v) is 6.45. The third-order valence-corrected chi connectivity index (χ3v) is 2.54. The highest BCUT2D eigenvalue weighted by molar-refractivity contribution is 5.93. The number of benzene rings is 1. The lowest BCUT2D eigenvalue weighted by atomic mass is 10.1. The molecule has 1 N–H and O–H groups in total. The average Bonchev–Trinajstić information content (AvgIpc) is 2.36. The van der Waals surface area contributed by atoms with E-state index in [2.05, 4.69) is 5.32 Å². The largest absolute Gasteiger partial charge is 0.496 e. The Labute approximate surface area is 119 Å². The maximum atomic E-state index is 12.1. The summed E-state index contributed by atoms with van der Waals surface area (Å²) in [6, 6.07) is 5.31. The number of amides is 1. The maximum absolute atomic E-state index is 12.1. The molecular formula is C15H21NO4. The van der Waals surface area contributed by atoms with E-state index in [1.54, 1.807) is 12.1 Å². The first kappa shape index (κ1) is 16.0. The Morgan fingerprint density at radius 3 is 2.60 bits per heavy atom. The molecule has 0 fully saturated rings. The number of rotatable bonds is 6. The van der Waals surface area contributed by atoms with E-state index >= 15 is 0 Å². The highest BCUT2D eigenvalue weighted by Crippen LogP contribution is 2.26. The predicted octanol–water partition coefficient (Wildman–Crippen LogP) is 1.94. The van der Waals surface area contributed by atoms with Crippen molar-refractivity contribution in [2.75, 3.05) is 13.7 Å². The quantitative estimate of drug-likeness (QED) is 0.491. The monoisotopic (exact) mass is 279 g/mol. The van der Waals surface area contributed by atoms with Gasteiger partial charge in [0.05, 0.1) is 7.11 Å². The van der Waals surface area contributed by atoms with Crippen molar-refractivity contribution in [1.29, 1.82) is 0 Å². The van der Waals surface area contributed by atoms with E-state index in [1.165, 1.54) is 7.11 Å². The van der Waals surface area contributed by atoms with E-state index in [9.17, 15) is 9.59 Å². The topological polar surface area (TPSA) is 64.6 Å². The van der Waals surface area contributed by atoms with Gasteiger partial charge in [-0.3, -0.25) is 4.79 Å². The van der Waals surface area contributed by atoms with Gasteiger partial charge in [-0.15, -0.1) is 0 Å². The van der Waals surface area contributed by atoms with Gasteiger partial charge < -0.3 is 14.8 Å². The van der Waals surface area contributed by atoms with Gasteiger partial charge in [-0.05, 0) is 38.8 Å². The fraction of sp³-hybridized carbons (Fsp3) is 0.467. The molecule has 0 radical (unpaired) electrons. The Bertz CT molecular complexity index is 477. The van der Waals surface area contributed by atoms with E-state index < -0.39 is 11.6 Å². The normalized spacial score (nSPS) is 10.8. The molecule has 1 aromatic carbocycles. The number of hydrogen-bond acceptors (Lipinski definition) is 4. The van der Waals surface area contributed by atoms with Crippen LogP contribution in [0.1, 0.15) is 36.7 Å². The number of nitrogens with one attached hydrogen (secondary N) is 1. The third kappa shape index (κ3) is 4.57. The number of carbonyl (C=O) groups is 2. The molecule has 0 aliphatic carbocycles. The smallest absolute Gasteiger partial charge is 0.342 e. The van der Waals surface area contributed by atoms with Crippen molar-refractivity contribution in [2.24, 2.45) is 0 Å². The Kier molecular flexibility index (Phi) is 5.55. The minimum atomic E-state index is -0.558. The molecule has 0 aliphatic heterocycles. The predicted molar refractivity (Wildman–Crippen MR) is 75.9 cm³/mol. The number of para-hydroxylation sites is 1. The summed E-state index contributed by atoms with van der Waals surface area (Å²) in [5, 5.41) is 2.58. The molecule has 1 aromatic rings. The number of ether oxygens (including phenoxy) is 2. The van der Waals surface area contributed by atoms with E-state index in [0.717, 1.165) is 5.56 Å². The van der Waals surface area contributed by atoms with Gasteiger partial charge in [-0.25, -0.2) is 4.79 Å². The van der Waals surface area contributed by atoms with Crippen LogP contribution in [0.5, 0.6) is 5.75 Å². The van der Waals surface area contributed by atoms with Gasteiger partial charge in [-0.2, -0.15) is 0 Å². The van der Waals surface area contributed by atoms with Gasteiger partial charge in [0.25, 0.3) is 0 Å². The van der Waals surface area contributed by atoms with Gasteiger partial charge in [0.15, 0.2) is 0 Å². The van der Waals surface area contributed by atoms with Gasteiger partial charge in [-0.1, -0.05) is 12.1 Å². The van der Waals surface area contributed by atoms with Gasteiger partial charge >= 0.3 is 5.97 Å². The van der Waals surface area contributed by atoms with Crippen molar-refractivity contribution < 1.29 is 19.1 Å². The third-order valence-electron chi connectivity index (χ3n) is 2.54. The lowest BCUT2D eigenvalue weighted by molar-refractivity contribution is -0.109. The van der Waals surface area contributed by atoms with Gasteiger partial charge in [0, 0.05) is 6.54 Å². The highest BCUT2D eigenvalue weighted by Gasteiger charge is 2.22. The number of hydrogen-bond donors (Lipinski definition) is 1. The number of carbonyl (C=O) groups excluding carboxylic acids is 2. The summed E-state index contributed by atoms with van der Waals surface area (Å²) in [4.78, 5) is 22.4. The minimum absolute atomic E-state index is 0.394. The van der Waals surface area contributed by atoms with Crippen LogP contribution in [-0.2, 0) is 16.0 Å². The van der Waals surface area contributed by atoms with Crippen LogP contribution in [0.2, 0.25) is 0 Å². The zero-order valence-corrected chi connectivity index (χ0v) is 12.4. The standard InChI is InChI=1S/C15H21NO4/c1-15(2,3)20-14(18)12-7-5-6-11(13(12)19-4)8-9-16-10-17/h5-7,10H,8-9H2,1-4H3,(H,16,17). The van der Waals surface area contributed by atoms with Crippen molar-refractivity contribution in [1.82, 2.24) is 5.32 Å². The van der Waals surface area contributed by atoms with Crippen molar-refractivity contribution in [3.63, 3.8) is 0 Å². The van der Waals surface area contributed by atoms with Crippen LogP contribution in [-0.4, -0.2) is 31.6 Å². The number of esters is 1. The molecule has 1 amide bonds. The zero-order chi connectivity index (χ0) is 15.2. The minimum Gasteiger partial charge on any atom is -0.496 e. The molecule has 20 heavy (non-hydrogen) atoms. The summed E-state index contributed by atoms with van der Waals surface area (Å²) in [5.74, 6) is 0.0778. The molecular weight excluding hydrogens is 258 g/mol. The fourth-order valence-electron chi connectivity index (χ4n) is 1.78. The fourth-order valence-corrected chi connectivity index (χ4v) is 1.78. The van der Waals surface area contributed by atoms with Crippen LogP contribution >= 0.6 is 0 Å². The first-order valence-electron chi connectivity index (χ1n) is 6.45. The molecule has 0 unspecified atom stereocenters. The second-order valence-electron chi connectivity index (χ2n) is 5.32. The van der Waals surface area contributed by atoms with Crippen molar-refractivity contribution in [3.8, 4) is 5.75 Å². The number of methoxy groups -OCH3 is 1. The second-order valence-corrected chi connectivity index (χ2v) is 5.32. The van der Waals surface area contributed by atoms with E-state index in [1.807, 2.05) is 26.8 Å². The van der Waals surface area contributed by atoms with Crippen LogP contribution < -0.4 is 10.1 Å². The molecule has 110 valence electrons. The molecule has 0 saturated carbocycles. The lowest BCUT2D eigenvalue weighted by Gasteiger charge is -2.21. The molecule has 0 bridgehead atoms. The van der Waals surface area contributed by atoms with Crippen LogP contribution in [0, 0.1) is 0 Å². The van der Waals surface area contributed by atoms with Crippen molar-refractivity contribution in [2.45, 2.75) is 32.8 Å². The van der Waals surface area contributed by atoms with Crippen molar-refractivity contribution >= 4 is 12.4 Å². The van der Waals surface area contributed by atoms with E-state index in [0.29, 0.717) is 30.7 Å². The summed E-state index contributed by atoms with van der Waals surface area (Å²) in [6.45, 7) is 5.93. The van der Waals surface area contributed by atoms with Crippen LogP contribution in [0.15, 0.2) is 18.2 Å². The summed E-state index contributed by atoms with van der Waals surface area (Å²) >= 11 is 0. The molecule has 0 atom stereocenters. The SMILES string of the molecule is COc1c(CCNC=O)cccc1C(=O)OC(C)(C)C. The Hall–Kier alpha value is -2.04. The molecule has 5 nitrogen and oxygen atoms in total. The zero-order valence-electron chi connectivity index (χ0n) is 12.4. The van der Waals surface area contributed by atoms with E-state index in [4.69, 9.17) is 9.47 Å². The Morgan fingerprint density at radius 2 is 2.05 bits per heavy atom. The van der Waals surface area contributed by atoms with Gasteiger partial charge in [0.1, 0.15) is 16.9 Å². The van der Waals surface area contributed by atoms with Crippen LogP contribution in [0.4, 0.5) is 0 Å². The molecule has 5 heteroatoms. The van der Waals surface area contributed by atoms with Crippen LogP contribution in [0.25, 0.3) is 0 Å². The summed E-state index contributed by atoms with van der Waals surface area (Å²) in [7, 11) is 1.51. The molecule has 0 aliphatic rings.